The van der Waals surface area contributed by atoms with Crippen LogP contribution < -0.4 is 23.7 Å². The molecule has 0 saturated carbocycles. The number of hydrogen-bond acceptors (Lipinski definition) is 9. The van der Waals surface area contributed by atoms with Crippen LogP contribution in [0, 0.1) is 5.41 Å². The first-order valence-corrected chi connectivity index (χ1v) is 11.2. The number of rotatable bonds is 8. The van der Waals surface area contributed by atoms with Crippen LogP contribution in [0.5, 0.6) is 28.7 Å². The molecule has 35 heavy (non-hydrogen) atoms. The molecule has 0 bridgehead atoms. The van der Waals surface area contributed by atoms with Gasteiger partial charge in [-0.2, -0.15) is 15.1 Å². The topological polar surface area (TPSA) is 115 Å². The number of carbonyl (C=O) groups is 1. The number of ether oxygens (including phenoxy) is 5. The fourth-order valence-electron chi connectivity index (χ4n) is 3.62. The Bertz CT molecular complexity index is 1260. The number of benzene rings is 2. The molecule has 2 heterocycles. The number of thioether (sulfide) groups is 1. The number of amidine groups is 2. The van der Waals surface area contributed by atoms with Crippen LogP contribution in [0.25, 0.3) is 6.08 Å². The fraction of sp³-hybridized carbons (Fsp3) is 0.250. The van der Waals surface area contributed by atoms with Crippen molar-refractivity contribution in [1.29, 1.82) is 5.41 Å². The van der Waals surface area contributed by atoms with E-state index >= 15 is 0 Å². The molecular weight excluding hydrogens is 472 g/mol. The molecule has 2 aliphatic rings. The maximum atomic E-state index is 12.8. The Morgan fingerprint density at radius 1 is 0.914 bits per heavy atom. The molecular formula is C24H24N4O6S. The van der Waals surface area contributed by atoms with E-state index in [0.29, 0.717) is 50.9 Å². The monoisotopic (exact) mass is 496 g/mol. The van der Waals surface area contributed by atoms with Crippen LogP contribution in [0.15, 0.2) is 46.0 Å². The second-order valence-electron chi connectivity index (χ2n) is 7.34. The Balaban J connectivity index is 1.62. The third kappa shape index (κ3) is 4.67. The number of fused-ring (bicyclic) bond motifs is 1. The van der Waals surface area contributed by atoms with Crippen LogP contribution in [0.1, 0.15) is 11.1 Å². The zero-order valence-corrected chi connectivity index (χ0v) is 20.7. The van der Waals surface area contributed by atoms with Gasteiger partial charge in [0.15, 0.2) is 28.8 Å². The van der Waals surface area contributed by atoms with Gasteiger partial charge in [-0.1, -0.05) is 6.07 Å². The lowest BCUT2D eigenvalue weighted by atomic mass is 10.1. The van der Waals surface area contributed by atoms with E-state index in [4.69, 9.17) is 29.1 Å². The molecule has 0 saturated heterocycles. The zero-order valence-electron chi connectivity index (χ0n) is 19.9. The van der Waals surface area contributed by atoms with Crippen molar-refractivity contribution >= 4 is 39.8 Å². The predicted molar refractivity (Wildman–Crippen MR) is 134 cm³/mol. The minimum atomic E-state index is -0.523. The molecule has 4 rings (SSSR count). The van der Waals surface area contributed by atoms with Gasteiger partial charge in [-0.3, -0.25) is 10.2 Å². The van der Waals surface area contributed by atoms with E-state index in [-0.39, 0.29) is 11.4 Å². The minimum Gasteiger partial charge on any atom is -0.493 e. The molecule has 0 radical (unpaired) electrons. The quantitative estimate of drug-likeness (QED) is 0.552. The number of nitrogens with one attached hydrogen (secondary N) is 1. The molecule has 0 spiro atoms. The molecule has 1 amide bonds. The van der Waals surface area contributed by atoms with Crippen molar-refractivity contribution in [3.8, 4) is 28.7 Å². The molecule has 0 aromatic heterocycles. The summed E-state index contributed by atoms with van der Waals surface area (Å²) in [4.78, 5) is 17.0. The highest BCUT2D eigenvalue weighted by atomic mass is 32.2. The molecule has 2 aliphatic heterocycles. The van der Waals surface area contributed by atoms with Crippen LogP contribution in [0.3, 0.4) is 0 Å². The molecule has 182 valence electrons. The fourth-order valence-corrected chi connectivity index (χ4v) is 4.54. The van der Waals surface area contributed by atoms with Gasteiger partial charge in [0.1, 0.15) is 5.04 Å². The van der Waals surface area contributed by atoms with Crippen LogP contribution in [-0.2, 0) is 11.2 Å². The number of carbonyl (C=O) groups excluding carboxylic acids is 1. The Kier molecular flexibility index (Phi) is 6.97. The molecule has 0 atom stereocenters. The number of nitrogens with zero attached hydrogens (tertiary/aromatic N) is 3. The van der Waals surface area contributed by atoms with Crippen LogP contribution in [-0.4, -0.2) is 62.5 Å². The van der Waals surface area contributed by atoms with Crippen molar-refractivity contribution in [2.24, 2.45) is 10.1 Å². The highest BCUT2D eigenvalue weighted by molar-refractivity contribution is 8.26. The molecule has 1 N–H and O–H groups in total. The highest BCUT2D eigenvalue weighted by Gasteiger charge is 2.35. The second-order valence-corrected chi connectivity index (χ2v) is 8.38. The summed E-state index contributed by atoms with van der Waals surface area (Å²) in [5.74, 6) is 1.96. The Hall–Kier alpha value is -3.99. The van der Waals surface area contributed by atoms with Gasteiger partial charge in [-0.15, -0.1) is 0 Å². The van der Waals surface area contributed by atoms with Gasteiger partial charge in [0.25, 0.3) is 5.91 Å². The first-order valence-electron chi connectivity index (χ1n) is 10.4. The summed E-state index contributed by atoms with van der Waals surface area (Å²) < 4.78 is 26.8. The van der Waals surface area contributed by atoms with Crippen LogP contribution >= 0.6 is 11.8 Å². The molecule has 2 aromatic rings. The number of methoxy groups -OCH3 is 5. The van der Waals surface area contributed by atoms with Gasteiger partial charge in [0, 0.05) is 6.42 Å². The highest BCUT2D eigenvalue weighted by Crippen LogP contribution is 2.39. The van der Waals surface area contributed by atoms with Gasteiger partial charge >= 0.3 is 0 Å². The normalized spacial score (nSPS) is 16.0. The smallest absolute Gasteiger partial charge is 0.283 e. The van der Waals surface area contributed by atoms with Gasteiger partial charge < -0.3 is 23.7 Å². The number of aliphatic imine (C=N–C) groups is 1. The van der Waals surface area contributed by atoms with Crippen LogP contribution in [0.2, 0.25) is 0 Å². The Labute approximate surface area is 206 Å². The molecule has 0 fully saturated rings. The van der Waals surface area contributed by atoms with Crippen LogP contribution in [0.4, 0.5) is 0 Å². The summed E-state index contributed by atoms with van der Waals surface area (Å²) in [7, 11) is 7.69. The Morgan fingerprint density at radius 2 is 1.57 bits per heavy atom. The molecule has 0 unspecified atom stereocenters. The summed E-state index contributed by atoms with van der Waals surface area (Å²) >= 11 is 1.25. The van der Waals surface area contributed by atoms with Gasteiger partial charge in [-0.25, -0.2) is 0 Å². The first kappa shape index (κ1) is 24.1. The summed E-state index contributed by atoms with van der Waals surface area (Å²) in [6, 6.07) is 8.99. The maximum absolute atomic E-state index is 12.8. The van der Waals surface area contributed by atoms with Crippen molar-refractivity contribution in [1.82, 2.24) is 5.01 Å². The van der Waals surface area contributed by atoms with E-state index in [1.165, 1.54) is 38.1 Å². The van der Waals surface area contributed by atoms with E-state index in [1.807, 2.05) is 18.2 Å². The first-order chi connectivity index (χ1) is 16.9. The van der Waals surface area contributed by atoms with E-state index in [2.05, 4.69) is 10.1 Å². The molecule has 10 nitrogen and oxygen atoms in total. The summed E-state index contributed by atoms with van der Waals surface area (Å²) in [5.41, 5.74) is 1.63. The Morgan fingerprint density at radius 3 is 2.17 bits per heavy atom. The SMILES string of the molecule is COc1ccc(CC2=NN3C(=N)/C(=C\c4cc(OC)c(OC)c(OC)c4)C(=O)N=C3S2)cc1OC. The predicted octanol–water partition coefficient (Wildman–Crippen LogP) is 3.59. The van der Waals surface area contributed by atoms with E-state index in [0.717, 1.165) is 5.56 Å². The largest absolute Gasteiger partial charge is 0.493 e. The van der Waals surface area contributed by atoms with Crippen molar-refractivity contribution in [2.75, 3.05) is 35.5 Å². The lowest BCUT2D eigenvalue weighted by Crippen LogP contribution is -2.35. The number of hydrazone groups is 1. The van der Waals surface area contributed by atoms with Crippen molar-refractivity contribution < 1.29 is 28.5 Å². The molecule has 11 heteroatoms. The molecule has 2 aromatic carbocycles. The van der Waals surface area contributed by atoms with E-state index in [1.54, 1.807) is 32.4 Å². The summed E-state index contributed by atoms with van der Waals surface area (Å²) in [6.45, 7) is 0. The van der Waals surface area contributed by atoms with E-state index in [9.17, 15) is 4.79 Å². The zero-order chi connectivity index (χ0) is 25.1. The standard InChI is InChI=1S/C24H24N4O6S/c1-30-16-7-6-13(9-17(16)31-2)12-20-27-28-22(25)15(23(29)26-24(28)35-20)8-14-10-18(32-3)21(34-5)19(11-14)33-4/h6-11,25H,12H2,1-5H3/b15-8+,25-22?. The number of amides is 1. The summed E-state index contributed by atoms with van der Waals surface area (Å²) in [6.07, 6.45) is 2.04. The summed E-state index contributed by atoms with van der Waals surface area (Å²) in [5, 5.41) is 15.6. The van der Waals surface area contributed by atoms with Crippen molar-refractivity contribution in [3.63, 3.8) is 0 Å². The molecule has 0 aliphatic carbocycles. The lowest BCUT2D eigenvalue weighted by Gasteiger charge is -2.20. The number of hydrogen-bond donors (Lipinski definition) is 1. The van der Waals surface area contributed by atoms with Gasteiger partial charge in [0.2, 0.25) is 10.9 Å². The van der Waals surface area contributed by atoms with Crippen molar-refractivity contribution in [3.05, 3.63) is 47.0 Å². The second kappa shape index (κ2) is 10.1. The van der Waals surface area contributed by atoms with Gasteiger partial charge in [0.05, 0.1) is 41.1 Å². The lowest BCUT2D eigenvalue weighted by molar-refractivity contribution is -0.114. The van der Waals surface area contributed by atoms with E-state index < -0.39 is 5.91 Å². The maximum Gasteiger partial charge on any atom is 0.283 e. The minimum absolute atomic E-state index is 0.0661. The average molecular weight is 497 g/mol. The third-order valence-electron chi connectivity index (χ3n) is 5.30. The third-order valence-corrected chi connectivity index (χ3v) is 6.21. The average Bonchev–Trinajstić information content (AvgIpc) is 3.27. The van der Waals surface area contributed by atoms with Gasteiger partial charge in [-0.05, 0) is 53.2 Å². The van der Waals surface area contributed by atoms with Crippen molar-refractivity contribution in [2.45, 2.75) is 6.42 Å².